The lowest BCUT2D eigenvalue weighted by Gasteiger charge is -2.21. The third-order valence-electron chi connectivity index (χ3n) is 3.44. The Kier molecular flexibility index (Phi) is 5.14. The van der Waals surface area contributed by atoms with E-state index in [1.807, 2.05) is 6.92 Å². The molecule has 126 valence electrons. The van der Waals surface area contributed by atoms with Crippen molar-refractivity contribution in [2.24, 2.45) is 0 Å². The Bertz CT molecular complexity index is 769. The van der Waals surface area contributed by atoms with Gasteiger partial charge >= 0.3 is 5.97 Å². The summed E-state index contributed by atoms with van der Waals surface area (Å²) in [5, 5.41) is 12.5. The van der Waals surface area contributed by atoms with Crippen molar-refractivity contribution in [3.8, 4) is 5.75 Å². The second kappa shape index (κ2) is 6.93. The summed E-state index contributed by atoms with van der Waals surface area (Å²) in [5.74, 6) is -0.964. The summed E-state index contributed by atoms with van der Waals surface area (Å²) in [5.41, 5.74) is 0.630. The summed E-state index contributed by atoms with van der Waals surface area (Å²) in [4.78, 5) is 23.3. The normalized spacial score (nSPS) is 11.0. The number of hydrogen-bond donors (Lipinski definition) is 2. The highest BCUT2D eigenvalue weighted by Gasteiger charge is 2.29. The maximum Gasteiger partial charge on any atom is 0.347 e. The lowest BCUT2D eigenvalue weighted by molar-refractivity contribution is -0.152. The van der Waals surface area contributed by atoms with Crippen LogP contribution in [0.15, 0.2) is 42.5 Å². The van der Waals surface area contributed by atoms with Gasteiger partial charge in [-0.2, -0.15) is 0 Å². The van der Waals surface area contributed by atoms with Crippen LogP contribution in [0.5, 0.6) is 5.75 Å². The number of aliphatic carboxylic acids is 1. The Morgan fingerprint density at radius 3 is 2.29 bits per heavy atom. The molecule has 2 rings (SSSR count). The van der Waals surface area contributed by atoms with Gasteiger partial charge in [-0.3, -0.25) is 4.79 Å². The van der Waals surface area contributed by atoms with Crippen LogP contribution in [0.25, 0.3) is 0 Å². The van der Waals surface area contributed by atoms with Crippen molar-refractivity contribution in [2.75, 3.05) is 5.32 Å². The van der Waals surface area contributed by atoms with Crippen molar-refractivity contribution in [2.45, 2.75) is 26.4 Å². The van der Waals surface area contributed by atoms with Crippen LogP contribution in [0.4, 0.5) is 5.69 Å². The molecule has 1 amide bonds. The van der Waals surface area contributed by atoms with E-state index < -0.39 is 11.6 Å². The molecular weight excluding hydrogens is 330 g/mol. The standard InChI is InChI=1S/C18H18ClNO4/c1-11-10-13(19)6-9-15(11)20-16(21)12-4-7-14(8-5-12)24-18(2,3)17(22)23/h4-10H,1-3H3,(H,20,21)(H,22,23). The molecule has 0 aliphatic heterocycles. The molecule has 0 aliphatic carbocycles. The number of benzene rings is 2. The zero-order valence-electron chi connectivity index (χ0n) is 13.6. The zero-order chi connectivity index (χ0) is 17.9. The van der Waals surface area contributed by atoms with E-state index in [9.17, 15) is 9.59 Å². The van der Waals surface area contributed by atoms with Crippen LogP contribution in [0, 0.1) is 6.92 Å². The van der Waals surface area contributed by atoms with Gasteiger partial charge in [-0.25, -0.2) is 4.79 Å². The summed E-state index contributed by atoms with van der Waals surface area (Å²) in [6.45, 7) is 4.77. The molecule has 0 aromatic heterocycles. The van der Waals surface area contributed by atoms with Gasteiger partial charge in [0.1, 0.15) is 5.75 Å². The number of ether oxygens (including phenoxy) is 1. The highest BCUT2D eigenvalue weighted by Crippen LogP contribution is 2.22. The first-order chi connectivity index (χ1) is 11.2. The van der Waals surface area contributed by atoms with Crippen LogP contribution in [0.1, 0.15) is 29.8 Å². The molecule has 5 nitrogen and oxygen atoms in total. The molecule has 0 unspecified atom stereocenters. The molecule has 0 atom stereocenters. The lowest BCUT2D eigenvalue weighted by Crippen LogP contribution is -2.37. The number of carboxylic acids is 1. The van der Waals surface area contributed by atoms with Gasteiger partial charge in [0.15, 0.2) is 5.60 Å². The van der Waals surface area contributed by atoms with E-state index in [4.69, 9.17) is 21.4 Å². The lowest BCUT2D eigenvalue weighted by atomic mass is 10.1. The molecule has 0 heterocycles. The first-order valence-corrected chi connectivity index (χ1v) is 7.67. The van der Waals surface area contributed by atoms with Crippen LogP contribution in [0.2, 0.25) is 5.02 Å². The third kappa shape index (κ3) is 4.26. The van der Waals surface area contributed by atoms with E-state index in [1.54, 1.807) is 42.5 Å². The van der Waals surface area contributed by atoms with Crippen LogP contribution in [0.3, 0.4) is 0 Å². The Hall–Kier alpha value is -2.53. The van der Waals surface area contributed by atoms with Crippen LogP contribution in [-0.2, 0) is 4.79 Å². The molecule has 0 spiro atoms. The SMILES string of the molecule is Cc1cc(Cl)ccc1NC(=O)c1ccc(OC(C)(C)C(=O)O)cc1. The molecule has 0 saturated carbocycles. The molecule has 2 aromatic carbocycles. The number of halogens is 1. The predicted molar refractivity (Wildman–Crippen MR) is 92.9 cm³/mol. The molecule has 0 radical (unpaired) electrons. The van der Waals surface area contributed by atoms with Crippen molar-refractivity contribution >= 4 is 29.2 Å². The first-order valence-electron chi connectivity index (χ1n) is 7.29. The fourth-order valence-corrected chi connectivity index (χ4v) is 2.20. The fourth-order valence-electron chi connectivity index (χ4n) is 1.97. The minimum absolute atomic E-state index is 0.274. The van der Waals surface area contributed by atoms with Crippen molar-refractivity contribution in [1.82, 2.24) is 0 Å². The molecule has 0 saturated heterocycles. The number of anilines is 1. The van der Waals surface area contributed by atoms with Gasteiger partial charge in [0.25, 0.3) is 5.91 Å². The minimum atomic E-state index is -1.34. The summed E-state index contributed by atoms with van der Waals surface area (Å²) in [6, 6.07) is 11.5. The van der Waals surface area contributed by atoms with Gasteiger partial charge in [-0.15, -0.1) is 0 Å². The summed E-state index contributed by atoms with van der Waals surface area (Å²) in [6.07, 6.45) is 0. The monoisotopic (exact) mass is 347 g/mol. The van der Waals surface area contributed by atoms with Gasteiger partial charge in [0.2, 0.25) is 0 Å². The highest BCUT2D eigenvalue weighted by atomic mass is 35.5. The fraction of sp³-hybridized carbons (Fsp3) is 0.222. The highest BCUT2D eigenvalue weighted by molar-refractivity contribution is 6.30. The number of aryl methyl sites for hydroxylation is 1. The number of rotatable bonds is 5. The van der Waals surface area contributed by atoms with Crippen molar-refractivity contribution in [3.05, 3.63) is 58.6 Å². The predicted octanol–water partition coefficient (Wildman–Crippen LogP) is 4.14. The van der Waals surface area contributed by atoms with E-state index in [1.165, 1.54) is 13.8 Å². The summed E-state index contributed by atoms with van der Waals surface area (Å²) < 4.78 is 5.40. The van der Waals surface area contributed by atoms with Gasteiger partial charge in [-0.05, 0) is 68.8 Å². The smallest absolute Gasteiger partial charge is 0.347 e. The van der Waals surface area contributed by atoms with E-state index >= 15 is 0 Å². The Labute approximate surface area is 145 Å². The van der Waals surface area contributed by atoms with Crippen LogP contribution in [-0.4, -0.2) is 22.6 Å². The Balaban J connectivity index is 2.10. The minimum Gasteiger partial charge on any atom is -0.478 e. The van der Waals surface area contributed by atoms with Crippen molar-refractivity contribution < 1.29 is 19.4 Å². The first kappa shape index (κ1) is 17.8. The topological polar surface area (TPSA) is 75.6 Å². The quantitative estimate of drug-likeness (QED) is 0.852. The average molecular weight is 348 g/mol. The zero-order valence-corrected chi connectivity index (χ0v) is 14.3. The van der Waals surface area contributed by atoms with Gasteiger partial charge < -0.3 is 15.2 Å². The van der Waals surface area contributed by atoms with Gasteiger partial charge in [0.05, 0.1) is 0 Å². The third-order valence-corrected chi connectivity index (χ3v) is 3.68. The van der Waals surface area contributed by atoms with E-state index in [0.29, 0.717) is 22.0 Å². The van der Waals surface area contributed by atoms with E-state index in [0.717, 1.165) is 5.56 Å². The van der Waals surface area contributed by atoms with E-state index in [-0.39, 0.29) is 5.91 Å². The largest absolute Gasteiger partial charge is 0.478 e. The molecule has 0 bridgehead atoms. The second-order valence-corrected chi connectivity index (χ2v) is 6.29. The van der Waals surface area contributed by atoms with Crippen LogP contribution >= 0.6 is 11.6 Å². The number of carbonyl (C=O) groups is 2. The number of hydrogen-bond acceptors (Lipinski definition) is 3. The summed E-state index contributed by atoms with van der Waals surface area (Å²) >= 11 is 5.89. The van der Waals surface area contributed by atoms with Gasteiger partial charge in [0, 0.05) is 16.3 Å². The molecule has 0 fully saturated rings. The average Bonchev–Trinajstić information content (AvgIpc) is 2.50. The Morgan fingerprint density at radius 1 is 1.12 bits per heavy atom. The maximum atomic E-state index is 12.3. The number of carbonyl (C=O) groups excluding carboxylic acids is 1. The van der Waals surface area contributed by atoms with E-state index in [2.05, 4.69) is 5.32 Å². The second-order valence-electron chi connectivity index (χ2n) is 5.86. The van der Waals surface area contributed by atoms with Crippen molar-refractivity contribution in [3.63, 3.8) is 0 Å². The van der Waals surface area contributed by atoms with Gasteiger partial charge in [-0.1, -0.05) is 11.6 Å². The number of amides is 1. The summed E-state index contributed by atoms with van der Waals surface area (Å²) in [7, 11) is 0. The molecule has 2 aromatic rings. The molecular formula is C18H18ClNO4. The molecule has 0 aliphatic rings. The number of nitrogens with one attached hydrogen (secondary N) is 1. The van der Waals surface area contributed by atoms with Crippen LogP contribution < -0.4 is 10.1 Å². The van der Waals surface area contributed by atoms with Crippen molar-refractivity contribution in [1.29, 1.82) is 0 Å². The molecule has 24 heavy (non-hydrogen) atoms. The molecule has 6 heteroatoms. The number of carboxylic acid groups (broad SMARTS) is 1. The molecule has 2 N–H and O–H groups in total. The maximum absolute atomic E-state index is 12.3. The Morgan fingerprint density at radius 2 is 1.75 bits per heavy atom.